The van der Waals surface area contributed by atoms with Crippen LogP contribution in [0.3, 0.4) is 0 Å². The number of nitriles is 1. The molecule has 7 heteroatoms. The molecule has 0 atom stereocenters. The molecule has 106 valence electrons. The van der Waals surface area contributed by atoms with Crippen molar-refractivity contribution in [2.24, 2.45) is 0 Å². The molecular formula is C13H14FN3O3. The molecule has 0 fully saturated rings. The van der Waals surface area contributed by atoms with Gasteiger partial charge in [0.2, 0.25) is 0 Å². The lowest BCUT2D eigenvalue weighted by Crippen LogP contribution is -2.37. The van der Waals surface area contributed by atoms with E-state index in [-0.39, 0.29) is 24.6 Å². The van der Waals surface area contributed by atoms with Crippen LogP contribution in [0.5, 0.6) is 0 Å². The molecule has 0 aliphatic rings. The minimum Gasteiger partial charge on any atom is -0.335 e. The Morgan fingerprint density at radius 2 is 2.15 bits per heavy atom. The molecule has 0 unspecified atom stereocenters. The molecule has 0 saturated carbocycles. The Kier molecular flexibility index (Phi) is 5.15. The first-order chi connectivity index (χ1) is 9.36. The maximum absolute atomic E-state index is 13.3. The Balaban J connectivity index is 3.11. The van der Waals surface area contributed by atoms with Crippen molar-refractivity contribution in [2.45, 2.75) is 26.3 Å². The van der Waals surface area contributed by atoms with Crippen LogP contribution in [0.25, 0.3) is 0 Å². The second-order valence-electron chi connectivity index (χ2n) is 4.46. The summed E-state index contributed by atoms with van der Waals surface area (Å²) in [4.78, 5) is 23.5. The Morgan fingerprint density at radius 3 is 2.65 bits per heavy atom. The number of amides is 1. The number of halogens is 1. The van der Waals surface area contributed by atoms with Crippen molar-refractivity contribution >= 4 is 11.6 Å². The maximum atomic E-state index is 13.3. The lowest BCUT2D eigenvalue weighted by atomic mass is 10.1. The Bertz CT molecular complexity index is 566. The highest BCUT2D eigenvalue weighted by molar-refractivity contribution is 5.95. The molecule has 1 aromatic carbocycles. The number of nitrogens with zero attached hydrogens (tertiary/aromatic N) is 3. The van der Waals surface area contributed by atoms with E-state index in [4.69, 9.17) is 5.26 Å². The SMILES string of the molecule is CC(C)N(CCC#N)C(=O)c1cc(F)cc([N+](=O)[O-])c1. The quantitative estimate of drug-likeness (QED) is 0.612. The molecule has 20 heavy (non-hydrogen) atoms. The van der Waals surface area contributed by atoms with Crippen molar-refractivity contribution in [3.05, 3.63) is 39.7 Å². The molecule has 0 aromatic heterocycles. The standard InChI is InChI=1S/C13H14FN3O3/c1-9(2)16(5-3-4-15)13(18)10-6-11(14)8-12(7-10)17(19)20/h6-9H,3,5H2,1-2H3. The molecule has 0 saturated heterocycles. The van der Waals surface area contributed by atoms with Gasteiger partial charge in [-0.25, -0.2) is 4.39 Å². The molecule has 0 heterocycles. The van der Waals surface area contributed by atoms with Crippen LogP contribution in [0.4, 0.5) is 10.1 Å². The third-order valence-corrected chi connectivity index (χ3v) is 2.69. The monoisotopic (exact) mass is 279 g/mol. The fourth-order valence-electron chi connectivity index (χ4n) is 1.73. The summed E-state index contributed by atoms with van der Waals surface area (Å²) in [6, 6.07) is 4.47. The first kappa shape index (κ1) is 15.6. The summed E-state index contributed by atoms with van der Waals surface area (Å²) in [5, 5.41) is 19.2. The molecule has 0 N–H and O–H groups in total. The molecule has 1 aromatic rings. The molecule has 0 radical (unpaired) electrons. The number of hydrogen-bond acceptors (Lipinski definition) is 4. The minimum absolute atomic E-state index is 0.0941. The number of hydrogen-bond donors (Lipinski definition) is 0. The average molecular weight is 279 g/mol. The second kappa shape index (κ2) is 6.61. The Morgan fingerprint density at radius 1 is 1.50 bits per heavy atom. The van der Waals surface area contributed by atoms with Crippen molar-refractivity contribution in [1.82, 2.24) is 4.90 Å². The van der Waals surface area contributed by atoms with Crippen LogP contribution in [-0.4, -0.2) is 28.3 Å². The largest absolute Gasteiger partial charge is 0.335 e. The van der Waals surface area contributed by atoms with Gasteiger partial charge in [0, 0.05) is 24.2 Å². The van der Waals surface area contributed by atoms with E-state index >= 15 is 0 Å². The van der Waals surface area contributed by atoms with E-state index in [2.05, 4.69) is 0 Å². The maximum Gasteiger partial charge on any atom is 0.273 e. The van der Waals surface area contributed by atoms with Crippen molar-refractivity contribution in [1.29, 1.82) is 5.26 Å². The fraction of sp³-hybridized carbons (Fsp3) is 0.385. The topological polar surface area (TPSA) is 87.2 Å². The number of rotatable bonds is 5. The summed E-state index contributed by atoms with van der Waals surface area (Å²) in [6.07, 6.45) is 0.140. The highest BCUT2D eigenvalue weighted by Crippen LogP contribution is 2.18. The predicted octanol–water partition coefficient (Wildman–Crippen LogP) is 2.50. The van der Waals surface area contributed by atoms with Gasteiger partial charge >= 0.3 is 0 Å². The van der Waals surface area contributed by atoms with E-state index in [1.54, 1.807) is 13.8 Å². The summed E-state index contributed by atoms with van der Waals surface area (Å²) < 4.78 is 13.3. The normalized spacial score (nSPS) is 10.2. The summed E-state index contributed by atoms with van der Waals surface area (Å²) in [5.74, 6) is -1.37. The van der Waals surface area contributed by atoms with Gasteiger partial charge in [0.15, 0.2) is 0 Å². The van der Waals surface area contributed by atoms with Crippen molar-refractivity contribution < 1.29 is 14.1 Å². The van der Waals surface area contributed by atoms with Gasteiger partial charge in [-0.1, -0.05) is 0 Å². The van der Waals surface area contributed by atoms with E-state index in [9.17, 15) is 19.3 Å². The molecule has 1 amide bonds. The van der Waals surface area contributed by atoms with Crippen molar-refractivity contribution in [2.75, 3.05) is 6.54 Å². The summed E-state index contributed by atoms with van der Waals surface area (Å²) in [5.41, 5.74) is -0.569. The molecule has 0 aliphatic heterocycles. The van der Waals surface area contributed by atoms with E-state index in [0.29, 0.717) is 0 Å². The molecular weight excluding hydrogens is 265 g/mol. The van der Waals surface area contributed by atoms with E-state index in [0.717, 1.165) is 18.2 Å². The summed E-state index contributed by atoms with van der Waals surface area (Å²) >= 11 is 0. The van der Waals surface area contributed by atoms with Crippen LogP contribution in [0.15, 0.2) is 18.2 Å². The van der Waals surface area contributed by atoms with E-state index in [1.807, 2.05) is 6.07 Å². The number of carbonyl (C=O) groups excluding carboxylic acids is 1. The lowest BCUT2D eigenvalue weighted by molar-refractivity contribution is -0.385. The van der Waals surface area contributed by atoms with Gasteiger partial charge in [-0.05, 0) is 19.9 Å². The Labute approximate surface area is 115 Å². The lowest BCUT2D eigenvalue weighted by Gasteiger charge is -2.25. The van der Waals surface area contributed by atoms with Crippen molar-refractivity contribution in [3.8, 4) is 6.07 Å². The third kappa shape index (κ3) is 3.75. The minimum atomic E-state index is -0.841. The highest BCUT2D eigenvalue weighted by atomic mass is 19.1. The van der Waals surface area contributed by atoms with E-state index in [1.165, 1.54) is 4.90 Å². The van der Waals surface area contributed by atoms with Crippen LogP contribution >= 0.6 is 0 Å². The zero-order valence-corrected chi connectivity index (χ0v) is 11.2. The summed E-state index contributed by atoms with van der Waals surface area (Å²) in [7, 11) is 0. The Hall–Kier alpha value is -2.49. The van der Waals surface area contributed by atoms with Crippen LogP contribution in [0, 0.1) is 27.3 Å². The number of nitro benzene ring substituents is 1. The van der Waals surface area contributed by atoms with Gasteiger partial charge in [-0.15, -0.1) is 0 Å². The first-order valence-electron chi connectivity index (χ1n) is 5.99. The zero-order chi connectivity index (χ0) is 15.3. The fourth-order valence-corrected chi connectivity index (χ4v) is 1.73. The van der Waals surface area contributed by atoms with Gasteiger partial charge in [-0.3, -0.25) is 14.9 Å². The van der Waals surface area contributed by atoms with Crippen LogP contribution in [-0.2, 0) is 0 Å². The number of carbonyl (C=O) groups is 1. The third-order valence-electron chi connectivity index (χ3n) is 2.69. The van der Waals surface area contributed by atoms with Crippen LogP contribution in [0.1, 0.15) is 30.6 Å². The molecule has 1 rings (SSSR count). The van der Waals surface area contributed by atoms with Gasteiger partial charge < -0.3 is 4.90 Å². The second-order valence-corrected chi connectivity index (χ2v) is 4.46. The van der Waals surface area contributed by atoms with Crippen LogP contribution < -0.4 is 0 Å². The smallest absolute Gasteiger partial charge is 0.273 e. The van der Waals surface area contributed by atoms with Crippen molar-refractivity contribution in [3.63, 3.8) is 0 Å². The average Bonchev–Trinajstić information content (AvgIpc) is 2.37. The highest BCUT2D eigenvalue weighted by Gasteiger charge is 2.21. The van der Waals surface area contributed by atoms with E-state index < -0.39 is 22.3 Å². The zero-order valence-electron chi connectivity index (χ0n) is 11.2. The molecule has 0 bridgehead atoms. The number of benzene rings is 1. The van der Waals surface area contributed by atoms with Gasteiger partial charge in [0.25, 0.3) is 11.6 Å². The summed E-state index contributed by atoms with van der Waals surface area (Å²) in [6.45, 7) is 3.70. The molecule has 0 spiro atoms. The van der Waals surface area contributed by atoms with Gasteiger partial charge in [0.1, 0.15) is 5.82 Å². The molecule has 0 aliphatic carbocycles. The predicted molar refractivity (Wildman–Crippen MR) is 69.5 cm³/mol. The molecule has 6 nitrogen and oxygen atoms in total. The van der Waals surface area contributed by atoms with Crippen LogP contribution in [0.2, 0.25) is 0 Å². The number of non-ortho nitro benzene ring substituents is 1. The van der Waals surface area contributed by atoms with Gasteiger partial charge in [-0.2, -0.15) is 5.26 Å². The first-order valence-corrected chi connectivity index (χ1v) is 5.99. The number of nitro groups is 1. The van der Waals surface area contributed by atoms with Gasteiger partial charge in [0.05, 0.1) is 23.5 Å².